The maximum absolute atomic E-state index is 6.09. The predicted molar refractivity (Wildman–Crippen MR) is 82.4 cm³/mol. The number of hydrogen-bond donors (Lipinski definition) is 0. The summed E-state index contributed by atoms with van der Waals surface area (Å²) in [5.74, 6) is 0. The standard InChI is InChI=1S/C15H25BN2O3/c1-14(2)15(3,4)21-16(20-14)13-5-7-17(8-6-13)18-9-11-19-12-10-18/h5-7H,8-12H2,1-4H3. The lowest BCUT2D eigenvalue weighted by atomic mass is 9.77. The Bertz CT molecular complexity index is 440. The van der Waals surface area contributed by atoms with Crippen LogP contribution in [-0.4, -0.2) is 61.2 Å². The number of allylic oxidation sites excluding steroid dienone is 2. The number of hydrogen-bond acceptors (Lipinski definition) is 5. The average Bonchev–Trinajstić information content (AvgIpc) is 2.69. The summed E-state index contributed by atoms with van der Waals surface area (Å²) in [6.07, 6.45) is 6.41. The number of ether oxygens (including phenoxy) is 1. The second-order valence-electron chi connectivity index (χ2n) is 6.80. The van der Waals surface area contributed by atoms with Gasteiger partial charge in [0.05, 0.1) is 31.0 Å². The molecule has 0 aromatic rings. The van der Waals surface area contributed by atoms with E-state index in [0.717, 1.165) is 38.3 Å². The van der Waals surface area contributed by atoms with Crippen molar-refractivity contribution < 1.29 is 14.0 Å². The minimum Gasteiger partial charge on any atom is -0.399 e. The zero-order valence-electron chi connectivity index (χ0n) is 13.5. The van der Waals surface area contributed by atoms with Crippen molar-refractivity contribution >= 4 is 7.12 Å². The molecule has 3 aliphatic rings. The van der Waals surface area contributed by atoms with Gasteiger partial charge in [0.25, 0.3) is 0 Å². The molecule has 0 saturated carbocycles. The van der Waals surface area contributed by atoms with Crippen LogP contribution in [0.2, 0.25) is 0 Å². The van der Waals surface area contributed by atoms with Crippen LogP contribution in [0.25, 0.3) is 0 Å². The highest BCUT2D eigenvalue weighted by Crippen LogP contribution is 2.39. The topological polar surface area (TPSA) is 34.2 Å². The highest BCUT2D eigenvalue weighted by atomic mass is 16.7. The van der Waals surface area contributed by atoms with Crippen molar-refractivity contribution in [1.29, 1.82) is 0 Å². The molecule has 0 spiro atoms. The second-order valence-corrected chi connectivity index (χ2v) is 6.80. The first-order chi connectivity index (χ1) is 9.89. The summed E-state index contributed by atoms with van der Waals surface area (Å²) in [7, 11) is -0.266. The van der Waals surface area contributed by atoms with E-state index >= 15 is 0 Å². The molecule has 6 heteroatoms. The van der Waals surface area contributed by atoms with Gasteiger partial charge in [-0.1, -0.05) is 6.08 Å². The summed E-state index contributed by atoms with van der Waals surface area (Å²) in [6, 6.07) is 0. The van der Waals surface area contributed by atoms with Crippen molar-refractivity contribution in [2.24, 2.45) is 0 Å². The maximum atomic E-state index is 6.09. The van der Waals surface area contributed by atoms with Crippen LogP contribution < -0.4 is 0 Å². The number of nitrogens with zero attached hydrogens (tertiary/aromatic N) is 2. The van der Waals surface area contributed by atoms with Crippen LogP contribution in [0.4, 0.5) is 0 Å². The minimum atomic E-state index is -0.284. The van der Waals surface area contributed by atoms with Gasteiger partial charge in [0.15, 0.2) is 0 Å². The van der Waals surface area contributed by atoms with Crippen LogP contribution in [-0.2, 0) is 14.0 Å². The van der Waals surface area contributed by atoms with Gasteiger partial charge < -0.3 is 19.1 Å². The molecular weight excluding hydrogens is 267 g/mol. The summed E-state index contributed by atoms with van der Waals surface area (Å²) >= 11 is 0. The van der Waals surface area contributed by atoms with Crippen LogP contribution >= 0.6 is 0 Å². The molecule has 3 rings (SSSR count). The first kappa shape index (κ1) is 15.1. The first-order valence-corrected chi connectivity index (χ1v) is 7.72. The third-order valence-electron chi connectivity index (χ3n) is 4.83. The maximum Gasteiger partial charge on any atom is 0.494 e. The molecule has 0 aromatic carbocycles. The smallest absolute Gasteiger partial charge is 0.399 e. The lowest BCUT2D eigenvalue weighted by molar-refractivity contribution is -0.0580. The van der Waals surface area contributed by atoms with Gasteiger partial charge in [-0.15, -0.1) is 0 Å². The van der Waals surface area contributed by atoms with Gasteiger partial charge in [0, 0.05) is 19.3 Å². The summed E-state index contributed by atoms with van der Waals surface area (Å²) in [5, 5.41) is 4.55. The Kier molecular flexibility index (Phi) is 3.90. The van der Waals surface area contributed by atoms with Crippen LogP contribution in [0.5, 0.6) is 0 Å². The molecular formula is C15H25BN2O3. The van der Waals surface area contributed by atoms with Gasteiger partial charge in [-0.3, -0.25) is 0 Å². The zero-order chi connectivity index (χ0) is 15.1. The van der Waals surface area contributed by atoms with Gasteiger partial charge in [-0.25, -0.2) is 5.01 Å². The summed E-state index contributed by atoms with van der Waals surface area (Å²) < 4.78 is 17.6. The SMILES string of the molecule is CC1(C)OB(C2=CCN(N3CCOCC3)C=C2)OC1(C)C. The summed E-state index contributed by atoms with van der Waals surface area (Å²) in [4.78, 5) is 0. The van der Waals surface area contributed by atoms with E-state index in [1.54, 1.807) is 0 Å². The van der Waals surface area contributed by atoms with Crippen molar-refractivity contribution in [2.45, 2.75) is 38.9 Å². The van der Waals surface area contributed by atoms with Gasteiger partial charge in [-0.2, -0.15) is 0 Å². The van der Waals surface area contributed by atoms with Crippen molar-refractivity contribution in [1.82, 2.24) is 10.0 Å². The van der Waals surface area contributed by atoms with Gasteiger partial charge in [0.2, 0.25) is 0 Å². The third-order valence-corrected chi connectivity index (χ3v) is 4.83. The van der Waals surface area contributed by atoms with E-state index in [9.17, 15) is 0 Å². The molecule has 3 aliphatic heterocycles. The Hall–Kier alpha value is -0.815. The molecule has 116 valence electrons. The Morgan fingerprint density at radius 2 is 1.67 bits per heavy atom. The molecule has 0 atom stereocenters. The largest absolute Gasteiger partial charge is 0.494 e. The molecule has 0 aromatic heterocycles. The summed E-state index contributed by atoms with van der Waals surface area (Å²) in [5.41, 5.74) is 0.541. The van der Waals surface area contributed by atoms with E-state index in [-0.39, 0.29) is 18.3 Å². The molecule has 21 heavy (non-hydrogen) atoms. The highest BCUT2D eigenvalue weighted by Gasteiger charge is 2.52. The second kappa shape index (κ2) is 5.43. The van der Waals surface area contributed by atoms with Crippen LogP contribution in [0, 0.1) is 0 Å². The Morgan fingerprint density at radius 3 is 2.19 bits per heavy atom. The molecule has 0 radical (unpaired) electrons. The molecule has 3 heterocycles. The van der Waals surface area contributed by atoms with Crippen molar-refractivity contribution in [3.05, 3.63) is 23.8 Å². The molecule has 0 aliphatic carbocycles. The molecule has 5 nitrogen and oxygen atoms in total. The van der Waals surface area contributed by atoms with E-state index in [1.807, 2.05) is 0 Å². The number of morpholine rings is 1. The van der Waals surface area contributed by atoms with Crippen LogP contribution in [0.1, 0.15) is 27.7 Å². The molecule has 0 bridgehead atoms. The van der Waals surface area contributed by atoms with Crippen LogP contribution in [0.3, 0.4) is 0 Å². The predicted octanol–water partition coefficient (Wildman–Crippen LogP) is 1.62. The fourth-order valence-electron chi connectivity index (χ4n) is 2.67. The average molecular weight is 292 g/mol. The van der Waals surface area contributed by atoms with Gasteiger partial charge >= 0.3 is 7.12 Å². The molecule has 0 amide bonds. The van der Waals surface area contributed by atoms with Crippen LogP contribution in [0.15, 0.2) is 23.8 Å². The molecule has 2 saturated heterocycles. The van der Waals surface area contributed by atoms with E-state index < -0.39 is 0 Å². The van der Waals surface area contributed by atoms with Crippen molar-refractivity contribution in [2.75, 3.05) is 32.8 Å². The minimum absolute atomic E-state index is 0.266. The summed E-state index contributed by atoms with van der Waals surface area (Å²) in [6.45, 7) is 12.7. The fraction of sp³-hybridized carbons (Fsp3) is 0.733. The third kappa shape index (κ3) is 2.90. The van der Waals surface area contributed by atoms with Crippen molar-refractivity contribution in [3.8, 4) is 0 Å². The Balaban J connectivity index is 1.62. The first-order valence-electron chi connectivity index (χ1n) is 7.72. The number of rotatable bonds is 2. The lowest BCUT2D eigenvalue weighted by Gasteiger charge is -2.37. The lowest BCUT2D eigenvalue weighted by Crippen LogP contribution is -2.47. The molecule has 2 fully saturated rings. The Labute approximate surface area is 127 Å². The van der Waals surface area contributed by atoms with Gasteiger partial charge in [-0.05, 0) is 39.2 Å². The molecule has 0 unspecified atom stereocenters. The monoisotopic (exact) mass is 292 g/mol. The quantitative estimate of drug-likeness (QED) is 0.723. The van der Waals surface area contributed by atoms with Gasteiger partial charge in [0.1, 0.15) is 0 Å². The zero-order valence-corrected chi connectivity index (χ0v) is 13.5. The fourth-order valence-corrected chi connectivity index (χ4v) is 2.67. The van der Waals surface area contributed by atoms with Crippen molar-refractivity contribution in [3.63, 3.8) is 0 Å². The normalized spacial score (nSPS) is 28.9. The van der Waals surface area contributed by atoms with E-state index in [0.29, 0.717) is 0 Å². The van der Waals surface area contributed by atoms with E-state index in [1.165, 1.54) is 0 Å². The Morgan fingerprint density at radius 1 is 1.05 bits per heavy atom. The molecule has 0 N–H and O–H groups in total. The van der Waals surface area contributed by atoms with E-state index in [4.69, 9.17) is 14.0 Å². The highest BCUT2D eigenvalue weighted by molar-refractivity contribution is 6.55. The number of hydrazine groups is 1. The van der Waals surface area contributed by atoms with E-state index in [2.05, 4.69) is 56.1 Å².